The van der Waals surface area contributed by atoms with Crippen molar-refractivity contribution in [3.63, 3.8) is 0 Å². The van der Waals surface area contributed by atoms with Gasteiger partial charge in [0.05, 0.1) is 23.1 Å². The van der Waals surface area contributed by atoms with Gasteiger partial charge in [-0.05, 0) is 55.6 Å². The normalized spacial score (nSPS) is 23.0. The van der Waals surface area contributed by atoms with Crippen LogP contribution in [-0.2, 0) is 17.6 Å². The predicted octanol–water partition coefficient (Wildman–Crippen LogP) is 6.03. The number of ketones is 1. The first-order valence-corrected chi connectivity index (χ1v) is 13.4. The number of Topliss-reactive ketones (excluding diaryl/α,β-unsaturated/α-hetero) is 1. The Morgan fingerprint density at radius 2 is 1.89 bits per heavy atom. The van der Waals surface area contributed by atoms with Crippen LogP contribution in [0, 0.1) is 23.7 Å². The average molecular weight is 483 g/mol. The fraction of sp³-hybridized carbons (Fsp3) is 0.414. The van der Waals surface area contributed by atoms with Crippen molar-refractivity contribution in [1.29, 1.82) is 5.26 Å². The highest BCUT2D eigenvalue weighted by molar-refractivity contribution is 7.17. The summed E-state index contributed by atoms with van der Waals surface area (Å²) in [6.07, 6.45) is 6.88. The molecule has 0 saturated carbocycles. The van der Waals surface area contributed by atoms with Crippen LogP contribution in [-0.4, -0.2) is 11.6 Å². The van der Waals surface area contributed by atoms with Crippen LogP contribution in [0.25, 0.3) is 0 Å². The average Bonchev–Trinajstić information content (AvgIpc) is 3.01. The zero-order chi connectivity index (χ0) is 24.5. The Hall–Kier alpha value is -3.17. The number of hydrogen-bond acceptors (Lipinski definition) is 6. The molecule has 0 bridgehead atoms. The van der Waals surface area contributed by atoms with Gasteiger partial charge in [-0.25, -0.2) is 4.99 Å². The number of nitrogens with zero attached hydrogens (tertiary/aromatic N) is 3. The zero-order valence-electron chi connectivity index (χ0n) is 20.6. The molecule has 0 unspecified atom stereocenters. The molecule has 0 saturated heterocycles. The maximum Gasteiger partial charge on any atom is 0.162 e. The Kier molecular flexibility index (Phi) is 5.05. The van der Waals surface area contributed by atoms with Crippen molar-refractivity contribution in [3.8, 4) is 6.07 Å². The van der Waals surface area contributed by atoms with E-state index in [1.165, 1.54) is 23.3 Å². The van der Waals surface area contributed by atoms with Crippen molar-refractivity contribution in [3.05, 3.63) is 74.1 Å². The van der Waals surface area contributed by atoms with Gasteiger partial charge in [-0.2, -0.15) is 5.26 Å². The molecular formula is C29H30N4OS. The highest BCUT2D eigenvalue weighted by Crippen LogP contribution is 2.55. The van der Waals surface area contributed by atoms with Crippen LogP contribution in [0.2, 0.25) is 0 Å². The van der Waals surface area contributed by atoms with Gasteiger partial charge < -0.3 is 5.73 Å². The van der Waals surface area contributed by atoms with Crippen LogP contribution in [0.3, 0.4) is 0 Å². The Balaban J connectivity index is 1.64. The predicted molar refractivity (Wildman–Crippen MR) is 140 cm³/mol. The monoisotopic (exact) mass is 482 g/mol. The van der Waals surface area contributed by atoms with Gasteiger partial charge in [0.25, 0.3) is 0 Å². The molecule has 1 aromatic heterocycles. The molecule has 35 heavy (non-hydrogen) atoms. The second-order valence-corrected chi connectivity index (χ2v) is 12.2. The smallest absolute Gasteiger partial charge is 0.162 e. The molecule has 4 aliphatic rings. The van der Waals surface area contributed by atoms with E-state index >= 15 is 0 Å². The number of hydrogen-bond donors (Lipinski definition) is 1. The summed E-state index contributed by atoms with van der Waals surface area (Å²) in [6, 6.07) is 10.6. The number of anilines is 1. The van der Waals surface area contributed by atoms with Crippen molar-refractivity contribution in [2.24, 2.45) is 16.1 Å². The fourth-order valence-corrected chi connectivity index (χ4v) is 7.63. The number of thiophene rings is 1. The summed E-state index contributed by atoms with van der Waals surface area (Å²) in [6.45, 7) is 6.36. The van der Waals surface area contributed by atoms with Gasteiger partial charge in [-0.3, -0.25) is 9.69 Å². The summed E-state index contributed by atoms with van der Waals surface area (Å²) >= 11 is 1.79. The lowest BCUT2D eigenvalue weighted by atomic mass is 9.68. The molecule has 1 atom stereocenters. The van der Waals surface area contributed by atoms with E-state index in [1.54, 1.807) is 11.3 Å². The first kappa shape index (κ1) is 22.3. The number of carbonyl (C=O) groups is 1. The Labute approximate surface area is 210 Å². The molecule has 2 aromatic rings. The van der Waals surface area contributed by atoms with Crippen LogP contribution in [0.4, 0.5) is 5.00 Å². The number of allylic oxidation sites excluding steroid dienone is 3. The molecule has 2 N–H and O–H groups in total. The van der Waals surface area contributed by atoms with E-state index in [2.05, 4.69) is 24.8 Å². The van der Waals surface area contributed by atoms with Gasteiger partial charge in [-0.1, -0.05) is 50.1 Å². The third-order valence-electron chi connectivity index (χ3n) is 7.82. The number of aliphatic imine (C=N–C) groups is 1. The summed E-state index contributed by atoms with van der Waals surface area (Å²) in [5.41, 5.74) is 13.2. The highest BCUT2D eigenvalue weighted by atomic mass is 32.1. The number of aryl methyl sites for hydroxylation is 2. The largest absolute Gasteiger partial charge is 0.383 e. The van der Waals surface area contributed by atoms with Crippen LogP contribution >= 0.6 is 11.3 Å². The third kappa shape index (κ3) is 3.40. The molecule has 2 aliphatic carbocycles. The Morgan fingerprint density at radius 3 is 2.63 bits per heavy atom. The molecule has 2 aliphatic heterocycles. The Morgan fingerprint density at radius 1 is 1.14 bits per heavy atom. The quantitative estimate of drug-likeness (QED) is 0.503. The zero-order valence-corrected chi connectivity index (χ0v) is 21.4. The van der Waals surface area contributed by atoms with Gasteiger partial charge in [0.15, 0.2) is 11.6 Å². The fourth-order valence-electron chi connectivity index (χ4n) is 6.21. The minimum absolute atomic E-state index is 0.135. The minimum Gasteiger partial charge on any atom is -0.383 e. The van der Waals surface area contributed by atoms with E-state index < -0.39 is 5.92 Å². The third-order valence-corrected chi connectivity index (χ3v) is 9.09. The van der Waals surface area contributed by atoms with Crippen molar-refractivity contribution in [2.75, 3.05) is 4.90 Å². The molecule has 0 amide bonds. The van der Waals surface area contributed by atoms with Gasteiger partial charge in [0.1, 0.15) is 10.8 Å². The molecular weight excluding hydrogens is 452 g/mol. The molecule has 0 radical (unpaired) electrons. The summed E-state index contributed by atoms with van der Waals surface area (Å²) in [4.78, 5) is 22.2. The molecule has 1 aromatic carbocycles. The Bertz CT molecular complexity index is 1400. The maximum atomic E-state index is 13.8. The molecule has 6 heteroatoms. The molecule has 3 heterocycles. The molecule has 0 spiro atoms. The van der Waals surface area contributed by atoms with Crippen molar-refractivity contribution in [1.82, 2.24) is 0 Å². The topological polar surface area (TPSA) is 82.5 Å². The lowest BCUT2D eigenvalue weighted by Crippen LogP contribution is -2.41. The van der Waals surface area contributed by atoms with E-state index in [1.807, 2.05) is 31.2 Å². The number of nitriles is 1. The van der Waals surface area contributed by atoms with Gasteiger partial charge in [0.2, 0.25) is 0 Å². The maximum absolute atomic E-state index is 13.8. The minimum atomic E-state index is -0.415. The van der Waals surface area contributed by atoms with Gasteiger partial charge >= 0.3 is 0 Å². The number of amidine groups is 1. The van der Waals surface area contributed by atoms with E-state index in [0.29, 0.717) is 23.7 Å². The van der Waals surface area contributed by atoms with Gasteiger partial charge in [0, 0.05) is 22.6 Å². The molecule has 178 valence electrons. The van der Waals surface area contributed by atoms with Crippen LogP contribution < -0.4 is 10.6 Å². The van der Waals surface area contributed by atoms with E-state index in [0.717, 1.165) is 58.6 Å². The van der Waals surface area contributed by atoms with Crippen LogP contribution in [0.5, 0.6) is 0 Å². The van der Waals surface area contributed by atoms with E-state index in [9.17, 15) is 10.1 Å². The molecule has 5 nitrogen and oxygen atoms in total. The number of rotatable bonds is 1. The first-order chi connectivity index (χ1) is 16.8. The van der Waals surface area contributed by atoms with E-state index in [4.69, 9.17) is 10.7 Å². The summed E-state index contributed by atoms with van der Waals surface area (Å²) in [7, 11) is 0. The van der Waals surface area contributed by atoms with Crippen molar-refractivity contribution in [2.45, 2.75) is 71.6 Å². The number of benzene rings is 1. The van der Waals surface area contributed by atoms with Crippen molar-refractivity contribution >= 4 is 28.0 Å². The molecule has 6 rings (SSSR count). The number of fused-ring (bicyclic) bond motifs is 6. The summed E-state index contributed by atoms with van der Waals surface area (Å²) in [5, 5.41) is 11.5. The standard InChI is InChI=1S/C29H30N4OS/c1-16-9-11-17(12-10-16)23-19(15-30)27-32-26(31)24-18-7-5-4-6-8-22(18)35-28(24)33(27)20-13-29(2,3)14-21(34)25(20)23/h9-12,23H,4-8,13-14H2,1-3H3,(H2,31,32)/t23-/m0/s1. The van der Waals surface area contributed by atoms with Crippen LogP contribution in [0.1, 0.15) is 79.0 Å². The first-order valence-electron chi connectivity index (χ1n) is 12.6. The van der Waals surface area contributed by atoms with Crippen LogP contribution in [0.15, 0.2) is 51.9 Å². The molecule has 0 fully saturated rings. The van der Waals surface area contributed by atoms with Gasteiger partial charge in [-0.15, -0.1) is 11.3 Å². The number of carbonyl (C=O) groups excluding carboxylic acids is 1. The lowest BCUT2D eigenvalue weighted by molar-refractivity contribution is -0.118. The highest BCUT2D eigenvalue weighted by Gasteiger charge is 2.47. The SMILES string of the molecule is Cc1ccc([C@H]2C(C#N)=C3N=C(N)c4c(sc5c4CCCCC5)N3C3=C2C(=O)CC(C)(C)C3)cc1. The lowest BCUT2D eigenvalue weighted by Gasteiger charge is -2.44. The summed E-state index contributed by atoms with van der Waals surface area (Å²) in [5.74, 6) is 0.826. The second kappa shape index (κ2) is 7.93. The van der Waals surface area contributed by atoms with E-state index in [-0.39, 0.29) is 11.2 Å². The van der Waals surface area contributed by atoms with Crippen molar-refractivity contribution < 1.29 is 4.79 Å². The summed E-state index contributed by atoms with van der Waals surface area (Å²) < 4.78 is 0. The number of nitrogens with two attached hydrogens (primary N) is 1. The second-order valence-electron chi connectivity index (χ2n) is 11.1.